The van der Waals surface area contributed by atoms with Crippen molar-refractivity contribution in [2.24, 2.45) is 7.05 Å². The lowest BCUT2D eigenvalue weighted by molar-refractivity contribution is -0.271. The summed E-state index contributed by atoms with van der Waals surface area (Å²) in [6, 6.07) is 4.59. The van der Waals surface area contributed by atoms with Gasteiger partial charge < -0.3 is 15.0 Å². The van der Waals surface area contributed by atoms with Gasteiger partial charge in [0, 0.05) is 25.6 Å². The van der Waals surface area contributed by atoms with Crippen molar-refractivity contribution >= 4 is 23.3 Å². The predicted octanol–water partition coefficient (Wildman–Crippen LogP) is 2.21. The summed E-state index contributed by atoms with van der Waals surface area (Å²) in [7, 11) is 1.32. The number of aromatic nitrogens is 5. The van der Waals surface area contributed by atoms with E-state index in [1.807, 2.05) is 6.26 Å². The molecule has 162 valence electrons. The summed E-state index contributed by atoms with van der Waals surface area (Å²) in [6.07, 6.45) is 0.0946. The zero-order valence-corrected chi connectivity index (χ0v) is 17.1. The first-order chi connectivity index (χ1) is 14.2. The minimum absolute atomic E-state index is 0.403. The fourth-order valence-electron chi connectivity index (χ4n) is 3.15. The Morgan fingerprint density at radius 2 is 2.07 bits per heavy atom. The Hall–Kier alpha value is -2.60. The zero-order valence-electron chi connectivity index (χ0n) is 16.3. The number of thioether (sulfide) groups is 1. The number of pyridine rings is 1. The molecular weight excluding hydrogens is 421 g/mol. The summed E-state index contributed by atoms with van der Waals surface area (Å²) >= 11 is 1.53. The first-order valence-electron chi connectivity index (χ1n) is 9.02. The van der Waals surface area contributed by atoms with Crippen molar-refractivity contribution in [2.75, 3.05) is 12.0 Å². The van der Waals surface area contributed by atoms with Crippen LogP contribution >= 0.6 is 11.8 Å². The molecule has 2 unspecified atom stereocenters. The molecule has 3 heterocycles. The second-order valence-electron chi connectivity index (χ2n) is 6.79. The molecule has 0 fully saturated rings. The van der Waals surface area contributed by atoms with Crippen molar-refractivity contribution in [3.05, 3.63) is 48.4 Å². The molecule has 0 saturated heterocycles. The van der Waals surface area contributed by atoms with Crippen LogP contribution in [0.5, 0.6) is 0 Å². The van der Waals surface area contributed by atoms with E-state index in [9.17, 15) is 23.1 Å². The first-order valence-corrected chi connectivity index (χ1v) is 10.4. The number of aliphatic hydroxyl groups is 1. The SMILES string of the molecule is CSCCC(NC(=O)CC(O)(c1nccn1C)C(F)(F)F)c1nnc2ccccn12. The van der Waals surface area contributed by atoms with Crippen LogP contribution in [0.1, 0.15) is 30.5 Å². The number of alkyl halides is 3. The zero-order chi connectivity index (χ0) is 21.9. The molecule has 0 aliphatic rings. The van der Waals surface area contributed by atoms with Crippen molar-refractivity contribution in [1.29, 1.82) is 0 Å². The quantitative estimate of drug-likeness (QED) is 0.555. The Labute approximate surface area is 174 Å². The molecule has 3 aromatic rings. The number of aryl methyl sites for hydroxylation is 1. The molecular formula is C18H21F3N6O2S. The van der Waals surface area contributed by atoms with E-state index in [2.05, 4.69) is 20.5 Å². The molecule has 3 rings (SSSR count). The molecule has 0 bridgehead atoms. The Morgan fingerprint density at radius 3 is 2.70 bits per heavy atom. The largest absolute Gasteiger partial charge is 0.425 e. The van der Waals surface area contributed by atoms with Crippen LogP contribution in [0, 0.1) is 0 Å². The number of hydrogen-bond donors (Lipinski definition) is 2. The summed E-state index contributed by atoms with van der Waals surface area (Å²) in [5.41, 5.74) is -2.87. The van der Waals surface area contributed by atoms with Gasteiger partial charge in [-0.25, -0.2) is 4.98 Å². The first kappa shape index (κ1) is 22.1. The van der Waals surface area contributed by atoms with Gasteiger partial charge in [0.25, 0.3) is 0 Å². The molecule has 0 spiro atoms. The average Bonchev–Trinajstić information content (AvgIpc) is 3.30. The van der Waals surface area contributed by atoms with Crippen molar-refractivity contribution in [3.63, 3.8) is 0 Å². The number of carbonyl (C=O) groups is 1. The van der Waals surface area contributed by atoms with E-state index in [-0.39, 0.29) is 0 Å². The van der Waals surface area contributed by atoms with Crippen LogP contribution in [-0.2, 0) is 17.4 Å². The molecule has 8 nitrogen and oxygen atoms in total. The van der Waals surface area contributed by atoms with Crippen LogP contribution in [0.4, 0.5) is 13.2 Å². The number of fused-ring (bicyclic) bond motifs is 1. The third kappa shape index (κ3) is 4.29. The van der Waals surface area contributed by atoms with E-state index in [4.69, 9.17) is 0 Å². The average molecular weight is 442 g/mol. The maximum Gasteiger partial charge on any atom is 0.425 e. The molecule has 0 aliphatic carbocycles. The summed E-state index contributed by atoms with van der Waals surface area (Å²) in [5.74, 6) is -0.592. The Bertz CT molecular complexity index is 1020. The maximum atomic E-state index is 13.7. The number of hydrogen-bond acceptors (Lipinski definition) is 6. The molecule has 0 aromatic carbocycles. The van der Waals surface area contributed by atoms with E-state index in [1.165, 1.54) is 25.0 Å². The topological polar surface area (TPSA) is 97.3 Å². The van der Waals surface area contributed by atoms with E-state index in [1.54, 1.807) is 28.8 Å². The molecule has 2 N–H and O–H groups in total. The molecule has 12 heteroatoms. The summed E-state index contributed by atoms with van der Waals surface area (Å²) in [5, 5.41) is 21.2. The van der Waals surface area contributed by atoms with Crippen molar-refractivity contribution in [2.45, 2.75) is 30.7 Å². The van der Waals surface area contributed by atoms with Gasteiger partial charge in [0.2, 0.25) is 11.5 Å². The molecule has 0 radical (unpaired) electrons. The van der Waals surface area contributed by atoms with E-state index in [0.29, 0.717) is 23.6 Å². The van der Waals surface area contributed by atoms with Crippen LogP contribution in [0.25, 0.3) is 5.65 Å². The van der Waals surface area contributed by atoms with Crippen LogP contribution in [0.3, 0.4) is 0 Å². The lowest BCUT2D eigenvalue weighted by Gasteiger charge is -2.30. The molecule has 0 aliphatic heterocycles. The van der Waals surface area contributed by atoms with Crippen LogP contribution < -0.4 is 5.32 Å². The van der Waals surface area contributed by atoms with Crippen LogP contribution in [0.2, 0.25) is 0 Å². The lowest BCUT2D eigenvalue weighted by Crippen LogP contribution is -2.48. The van der Waals surface area contributed by atoms with Gasteiger partial charge in [-0.2, -0.15) is 24.9 Å². The number of nitrogens with one attached hydrogen (secondary N) is 1. The van der Waals surface area contributed by atoms with Crippen LogP contribution in [0.15, 0.2) is 36.8 Å². The predicted molar refractivity (Wildman–Crippen MR) is 105 cm³/mol. The molecule has 1 amide bonds. The fourth-order valence-corrected chi connectivity index (χ4v) is 3.62. The Balaban J connectivity index is 1.87. The number of imidazole rings is 1. The normalized spacial score (nSPS) is 15.1. The fraction of sp³-hybridized carbons (Fsp3) is 0.444. The summed E-state index contributed by atoms with van der Waals surface area (Å²) in [6.45, 7) is 0. The van der Waals surface area contributed by atoms with E-state index < -0.39 is 36.0 Å². The molecule has 3 aromatic heterocycles. The smallest absolute Gasteiger partial charge is 0.374 e. The van der Waals surface area contributed by atoms with E-state index >= 15 is 0 Å². The van der Waals surface area contributed by atoms with Gasteiger partial charge in [0.05, 0.1) is 12.5 Å². The van der Waals surface area contributed by atoms with Crippen LogP contribution in [-0.4, -0.2) is 53.3 Å². The van der Waals surface area contributed by atoms with Crippen molar-refractivity contribution < 1.29 is 23.1 Å². The molecule has 0 saturated carbocycles. The number of nitrogens with zero attached hydrogens (tertiary/aromatic N) is 5. The molecule has 2 atom stereocenters. The number of rotatable bonds is 8. The molecule has 30 heavy (non-hydrogen) atoms. The van der Waals surface area contributed by atoms with Crippen molar-refractivity contribution in [1.82, 2.24) is 29.5 Å². The highest BCUT2D eigenvalue weighted by molar-refractivity contribution is 7.98. The van der Waals surface area contributed by atoms with Gasteiger partial charge in [-0.3, -0.25) is 9.20 Å². The standard InChI is InChI=1S/C18H21F3N6O2S/c1-26-9-7-22-16(26)17(29,18(19,20)21)11-14(28)23-12(6-10-30-2)15-25-24-13-5-3-4-8-27(13)15/h3-5,7-9,12,29H,6,10-11H2,1-2H3,(H,23,28). The number of halogens is 3. The van der Waals surface area contributed by atoms with Gasteiger partial charge in [0.15, 0.2) is 17.3 Å². The minimum Gasteiger partial charge on any atom is -0.374 e. The second kappa shape index (κ2) is 8.64. The van der Waals surface area contributed by atoms with Crippen molar-refractivity contribution in [3.8, 4) is 0 Å². The van der Waals surface area contributed by atoms with Gasteiger partial charge in [-0.15, -0.1) is 10.2 Å². The van der Waals surface area contributed by atoms with Gasteiger partial charge in [-0.05, 0) is 30.6 Å². The summed E-state index contributed by atoms with van der Waals surface area (Å²) < 4.78 is 43.9. The van der Waals surface area contributed by atoms with Gasteiger partial charge in [-0.1, -0.05) is 6.07 Å². The maximum absolute atomic E-state index is 13.7. The van der Waals surface area contributed by atoms with E-state index in [0.717, 1.165) is 10.8 Å². The van der Waals surface area contributed by atoms with Gasteiger partial charge in [0.1, 0.15) is 0 Å². The Morgan fingerprint density at radius 1 is 1.30 bits per heavy atom. The monoisotopic (exact) mass is 442 g/mol. The third-order valence-corrected chi connectivity index (χ3v) is 5.32. The highest BCUT2D eigenvalue weighted by Gasteiger charge is 2.58. The van der Waals surface area contributed by atoms with Gasteiger partial charge >= 0.3 is 6.18 Å². The third-order valence-electron chi connectivity index (χ3n) is 4.67. The second-order valence-corrected chi connectivity index (χ2v) is 7.77. The minimum atomic E-state index is -5.10. The lowest BCUT2D eigenvalue weighted by atomic mass is 9.96. The number of carbonyl (C=O) groups excluding carboxylic acids is 1. The summed E-state index contributed by atoms with van der Waals surface area (Å²) in [4.78, 5) is 16.3. The Kier molecular flexibility index (Phi) is 6.36. The highest BCUT2D eigenvalue weighted by Crippen LogP contribution is 2.40. The highest BCUT2D eigenvalue weighted by atomic mass is 32.2. The number of amides is 1.